The van der Waals surface area contributed by atoms with Crippen molar-refractivity contribution < 1.29 is 27.5 Å². The third-order valence-corrected chi connectivity index (χ3v) is 4.25. The van der Waals surface area contributed by atoms with Crippen molar-refractivity contribution in [2.75, 3.05) is 52.5 Å². The summed E-state index contributed by atoms with van der Waals surface area (Å²) in [5.41, 5.74) is 0. The molecule has 0 radical (unpaired) electrons. The van der Waals surface area contributed by atoms with Gasteiger partial charge in [-0.1, -0.05) is 0 Å². The molecule has 0 aromatic heterocycles. The lowest BCUT2D eigenvalue weighted by atomic mass is 10.2. The summed E-state index contributed by atoms with van der Waals surface area (Å²) in [5.74, 6) is -0.896. The summed E-state index contributed by atoms with van der Waals surface area (Å²) in [4.78, 5) is 28.8. The topological polar surface area (TPSA) is 53.1 Å². The molecule has 23 heavy (non-hydrogen) atoms. The van der Waals surface area contributed by atoms with E-state index in [1.54, 1.807) is 11.8 Å². The normalized spacial score (nSPS) is 22.1. The first-order valence-electron chi connectivity index (χ1n) is 7.73. The van der Waals surface area contributed by atoms with Crippen LogP contribution in [0.15, 0.2) is 0 Å². The summed E-state index contributed by atoms with van der Waals surface area (Å²) in [6.07, 6.45) is -5.90. The number of nitrogens with zero attached hydrogens (tertiary/aromatic N) is 3. The van der Waals surface area contributed by atoms with Crippen LogP contribution in [0.1, 0.15) is 13.3 Å². The van der Waals surface area contributed by atoms with E-state index in [2.05, 4.69) is 0 Å². The van der Waals surface area contributed by atoms with E-state index in [0.29, 0.717) is 39.4 Å². The van der Waals surface area contributed by atoms with Crippen LogP contribution in [0.25, 0.3) is 0 Å². The van der Waals surface area contributed by atoms with Crippen molar-refractivity contribution in [1.29, 1.82) is 0 Å². The van der Waals surface area contributed by atoms with Crippen LogP contribution in [0, 0.1) is 0 Å². The van der Waals surface area contributed by atoms with Crippen LogP contribution in [0.3, 0.4) is 0 Å². The van der Waals surface area contributed by atoms with Crippen molar-refractivity contribution in [3.63, 3.8) is 0 Å². The largest absolute Gasteiger partial charge is 0.397 e. The Labute approximate surface area is 133 Å². The van der Waals surface area contributed by atoms with Crippen LogP contribution < -0.4 is 0 Å². The van der Waals surface area contributed by atoms with Crippen molar-refractivity contribution in [3.8, 4) is 0 Å². The van der Waals surface area contributed by atoms with E-state index in [4.69, 9.17) is 4.74 Å². The Morgan fingerprint density at radius 1 is 1.00 bits per heavy atom. The number of piperazine rings is 1. The van der Waals surface area contributed by atoms with Crippen LogP contribution >= 0.6 is 0 Å². The average Bonchev–Trinajstić information content (AvgIpc) is 2.53. The summed E-state index contributed by atoms with van der Waals surface area (Å²) < 4.78 is 42.0. The summed E-state index contributed by atoms with van der Waals surface area (Å²) in [5, 5.41) is 0. The van der Waals surface area contributed by atoms with Gasteiger partial charge in [0.2, 0.25) is 11.8 Å². The Morgan fingerprint density at radius 2 is 1.57 bits per heavy atom. The number of halogens is 3. The quantitative estimate of drug-likeness (QED) is 0.745. The SMILES string of the molecule is CC(C(=O)N1CCOCC1)N1CCN(C(=O)CC(F)(F)F)CC1. The molecule has 0 aromatic carbocycles. The van der Waals surface area contributed by atoms with Gasteiger partial charge in [-0.15, -0.1) is 0 Å². The van der Waals surface area contributed by atoms with Gasteiger partial charge < -0.3 is 14.5 Å². The fourth-order valence-electron chi connectivity index (χ4n) is 2.85. The molecule has 2 amide bonds. The molecule has 9 heteroatoms. The van der Waals surface area contributed by atoms with Gasteiger partial charge in [-0.3, -0.25) is 14.5 Å². The van der Waals surface area contributed by atoms with Crippen LogP contribution in [0.5, 0.6) is 0 Å². The first-order valence-corrected chi connectivity index (χ1v) is 7.73. The van der Waals surface area contributed by atoms with E-state index in [9.17, 15) is 22.8 Å². The van der Waals surface area contributed by atoms with Gasteiger partial charge in [0.25, 0.3) is 0 Å². The maximum absolute atomic E-state index is 12.4. The van der Waals surface area contributed by atoms with Gasteiger partial charge in [0.15, 0.2) is 0 Å². The van der Waals surface area contributed by atoms with E-state index in [-0.39, 0.29) is 25.0 Å². The van der Waals surface area contributed by atoms with Crippen molar-refractivity contribution in [2.24, 2.45) is 0 Å². The molecule has 2 aliphatic heterocycles. The zero-order chi connectivity index (χ0) is 17.0. The molecule has 1 atom stereocenters. The number of rotatable bonds is 3. The van der Waals surface area contributed by atoms with Gasteiger partial charge in [-0.05, 0) is 6.92 Å². The highest BCUT2D eigenvalue weighted by Gasteiger charge is 2.35. The van der Waals surface area contributed by atoms with Crippen LogP contribution in [0.4, 0.5) is 13.2 Å². The monoisotopic (exact) mass is 337 g/mol. The molecule has 0 bridgehead atoms. The predicted molar refractivity (Wildman–Crippen MR) is 75.7 cm³/mol. The zero-order valence-electron chi connectivity index (χ0n) is 13.1. The molecular formula is C14H22F3N3O3. The first-order chi connectivity index (χ1) is 10.8. The first kappa shape index (κ1) is 18.0. The summed E-state index contributed by atoms with van der Waals surface area (Å²) in [6, 6.07) is -0.340. The molecule has 2 fully saturated rings. The van der Waals surface area contributed by atoms with Gasteiger partial charge in [-0.2, -0.15) is 13.2 Å². The molecular weight excluding hydrogens is 315 g/mol. The number of alkyl halides is 3. The van der Waals surface area contributed by atoms with E-state index in [0.717, 1.165) is 0 Å². The van der Waals surface area contributed by atoms with E-state index in [1.807, 2.05) is 4.90 Å². The highest BCUT2D eigenvalue weighted by molar-refractivity contribution is 5.81. The molecule has 0 aliphatic carbocycles. The molecule has 0 N–H and O–H groups in total. The molecule has 0 saturated carbocycles. The van der Waals surface area contributed by atoms with Crippen LogP contribution in [-0.2, 0) is 14.3 Å². The Kier molecular flexibility index (Phi) is 5.85. The minimum Gasteiger partial charge on any atom is -0.378 e. The summed E-state index contributed by atoms with van der Waals surface area (Å²) >= 11 is 0. The second-order valence-corrected chi connectivity index (χ2v) is 5.82. The number of carbonyl (C=O) groups excluding carboxylic acids is 2. The van der Waals surface area contributed by atoms with Crippen LogP contribution in [0.2, 0.25) is 0 Å². The number of morpholine rings is 1. The Hall–Kier alpha value is -1.35. The van der Waals surface area contributed by atoms with E-state index in [1.165, 1.54) is 4.90 Å². The van der Waals surface area contributed by atoms with Crippen LogP contribution in [-0.4, -0.2) is 91.2 Å². The molecule has 132 valence electrons. The highest BCUT2D eigenvalue weighted by atomic mass is 19.4. The molecule has 0 spiro atoms. The Morgan fingerprint density at radius 3 is 2.09 bits per heavy atom. The number of hydrogen-bond donors (Lipinski definition) is 0. The van der Waals surface area contributed by atoms with Gasteiger partial charge >= 0.3 is 6.18 Å². The van der Waals surface area contributed by atoms with Gasteiger partial charge in [0.05, 0.1) is 19.3 Å². The zero-order valence-corrected chi connectivity index (χ0v) is 13.1. The molecule has 2 heterocycles. The lowest BCUT2D eigenvalue weighted by Gasteiger charge is -2.39. The highest BCUT2D eigenvalue weighted by Crippen LogP contribution is 2.21. The predicted octanol–water partition coefficient (Wildman–Crippen LogP) is 0.330. The minimum atomic E-state index is -4.48. The fourth-order valence-corrected chi connectivity index (χ4v) is 2.85. The maximum atomic E-state index is 12.4. The Balaban J connectivity index is 1.81. The molecule has 2 rings (SSSR count). The minimum absolute atomic E-state index is 0.00312. The molecule has 2 saturated heterocycles. The fraction of sp³-hybridized carbons (Fsp3) is 0.857. The number of ether oxygens (including phenoxy) is 1. The molecule has 2 aliphatic rings. The summed E-state index contributed by atoms with van der Waals surface area (Å²) in [7, 11) is 0. The van der Waals surface area contributed by atoms with Crippen molar-refractivity contribution in [2.45, 2.75) is 25.6 Å². The maximum Gasteiger partial charge on any atom is 0.397 e. The molecule has 0 aromatic rings. The summed E-state index contributed by atoms with van der Waals surface area (Å²) in [6.45, 7) is 5.22. The van der Waals surface area contributed by atoms with Gasteiger partial charge in [0.1, 0.15) is 6.42 Å². The van der Waals surface area contributed by atoms with Gasteiger partial charge in [0, 0.05) is 39.3 Å². The van der Waals surface area contributed by atoms with E-state index < -0.39 is 18.5 Å². The smallest absolute Gasteiger partial charge is 0.378 e. The molecule has 6 nitrogen and oxygen atoms in total. The number of carbonyl (C=O) groups is 2. The van der Waals surface area contributed by atoms with Crippen molar-refractivity contribution in [3.05, 3.63) is 0 Å². The van der Waals surface area contributed by atoms with Gasteiger partial charge in [-0.25, -0.2) is 0 Å². The number of amides is 2. The second-order valence-electron chi connectivity index (χ2n) is 5.82. The molecule has 1 unspecified atom stereocenters. The van der Waals surface area contributed by atoms with Crippen molar-refractivity contribution >= 4 is 11.8 Å². The third kappa shape index (κ3) is 5.07. The third-order valence-electron chi connectivity index (χ3n) is 4.25. The van der Waals surface area contributed by atoms with E-state index >= 15 is 0 Å². The standard InChI is InChI=1S/C14H22F3N3O3/c1-11(13(22)20-6-8-23-9-7-20)18-2-4-19(5-3-18)12(21)10-14(15,16)17/h11H,2-10H2,1H3. The number of hydrogen-bond acceptors (Lipinski definition) is 4. The lowest BCUT2D eigenvalue weighted by molar-refractivity contribution is -0.162. The average molecular weight is 337 g/mol. The van der Waals surface area contributed by atoms with Crippen molar-refractivity contribution in [1.82, 2.24) is 14.7 Å². The Bertz CT molecular complexity index is 431. The second kappa shape index (κ2) is 7.48. The lowest BCUT2D eigenvalue weighted by Crippen LogP contribution is -2.56.